The first-order valence-corrected chi connectivity index (χ1v) is 7.92. The second-order valence-electron chi connectivity index (χ2n) is 5.68. The van der Waals surface area contributed by atoms with Gasteiger partial charge in [0.1, 0.15) is 6.10 Å². The van der Waals surface area contributed by atoms with Crippen LogP contribution in [0, 0.1) is 20.8 Å². The van der Waals surface area contributed by atoms with Crippen molar-refractivity contribution in [2.45, 2.75) is 33.3 Å². The molecule has 0 fully saturated rings. The van der Waals surface area contributed by atoms with Crippen LogP contribution in [0.3, 0.4) is 0 Å². The van der Waals surface area contributed by atoms with Crippen molar-refractivity contribution in [3.63, 3.8) is 0 Å². The number of rotatable bonds is 4. The summed E-state index contributed by atoms with van der Waals surface area (Å²) >= 11 is 0.0592. The molecule has 1 N–H and O–H groups in total. The second-order valence-corrected chi connectivity index (χ2v) is 6.19. The normalized spacial score (nSPS) is 12.7. The highest BCUT2D eigenvalue weighted by molar-refractivity contribution is 7.92. The quantitative estimate of drug-likeness (QED) is 0.793. The van der Waals surface area contributed by atoms with Crippen molar-refractivity contribution in [3.8, 4) is 0 Å². The number of nitrogens with zero attached hydrogens (tertiary/aromatic N) is 4. The van der Waals surface area contributed by atoms with Gasteiger partial charge in [-0.2, -0.15) is 9.19 Å². The van der Waals surface area contributed by atoms with Gasteiger partial charge in [-0.05, 0) is 44.0 Å². The fraction of sp³-hybridized carbons (Fsp3) is 0.312. The summed E-state index contributed by atoms with van der Waals surface area (Å²) in [5.41, 5.74) is 4.31. The Labute approximate surface area is 138 Å². The number of aromatic nitrogens is 4. The third-order valence-electron chi connectivity index (χ3n) is 3.64. The molecule has 23 heavy (non-hydrogen) atoms. The van der Waals surface area contributed by atoms with Crippen LogP contribution in [0.2, 0.25) is 0 Å². The smallest absolute Gasteiger partial charge is 0.187 e. The van der Waals surface area contributed by atoms with Crippen LogP contribution in [-0.4, -0.2) is 24.3 Å². The molecule has 0 aliphatic carbocycles. The maximum atomic E-state index is 12.7. The lowest BCUT2D eigenvalue weighted by atomic mass is 10.0. The topological polar surface area (TPSA) is 63.8 Å². The van der Waals surface area contributed by atoms with Crippen LogP contribution in [0.5, 0.6) is 0 Å². The largest absolute Gasteiger partial charge is 0.385 e. The summed E-state index contributed by atoms with van der Waals surface area (Å²) in [4.78, 5) is 8.60. The average Bonchev–Trinajstić information content (AvgIpc) is 2.90. The number of halogens is 1. The summed E-state index contributed by atoms with van der Waals surface area (Å²) in [5, 5.41) is 15.4. The van der Waals surface area contributed by atoms with Crippen LogP contribution in [0.15, 0.2) is 24.4 Å². The standard InChI is InChI=1S/C16H17FN4OS/c1-9-4-12(6-13-8-21(23-17)20-15(9)13)7-14(22)16-18-10(2)5-11(3)19-16/h4-6,8,14,22H,7H2,1-3H3. The summed E-state index contributed by atoms with van der Waals surface area (Å²) in [6, 6.07) is 5.73. The van der Waals surface area contributed by atoms with Gasteiger partial charge < -0.3 is 5.11 Å². The molecule has 0 saturated carbocycles. The Hall–Kier alpha value is -1.99. The molecule has 2 heterocycles. The first-order chi connectivity index (χ1) is 11.0. The highest BCUT2D eigenvalue weighted by atomic mass is 32.2. The maximum absolute atomic E-state index is 12.7. The molecule has 0 aliphatic heterocycles. The fourth-order valence-electron chi connectivity index (χ4n) is 2.74. The molecular formula is C16H17FN4OS. The monoisotopic (exact) mass is 332 g/mol. The van der Waals surface area contributed by atoms with Crippen LogP contribution >= 0.6 is 12.3 Å². The van der Waals surface area contributed by atoms with E-state index < -0.39 is 6.10 Å². The zero-order chi connectivity index (χ0) is 16.6. The molecule has 1 unspecified atom stereocenters. The Morgan fingerprint density at radius 1 is 1.17 bits per heavy atom. The molecule has 1 aromatic carbocycles. The van der Waals surface area contributed by atoms with E-state index in [1.807, 2.05) is 39.0 Å². The third-order valence-corrected chi connectivity index (χ3v) is 3.96. The molecule has 0 bridgehead atoms. The van der Waals surface area contributed by atoms with Crippen LogP contribution in [0.1, 0.15) is 34.4 Å². The number of hydrogen-bond donors (Lipinski definition) is 1. The minimum absolute atomic E-state index is 0.0592. The number of fused-ring (bicyclic) bond motifs is 1. The van der Waals surface area contributed by atoms with E-state index in [1.54, 1.807) is 6.20 Å². The summed E-state index contributed by atoms with van der Waals surface area (Å²) in [5.74, 6) is 0.426. The molecule has 2 aromatic heterocycles. The van der Waals surface area contributed by atoms with Gasteiger partial charge in [0, 0.05) is 29.4 Å². The SMILES string of the molecule is Cc1cc(C)nc(C(O)Cc2cc(C)c3nn(SF)cc3c2)n1. The molecule has 120 valence electrons. The number of benzene rings is 1. The van der Waals surface area contributed by atoms with Gasteiger partial charge in [-0.3, -0.25) is 0 Å². The van der Waals surface area contributed by atoms with Gasteiger partial charge >= 0.3 is 0 Å². The second kappa shape index (κ2) is 6.25. The van der Waals surface area contributed by atoms with Gasteiger partial charge in [-0.1, -0.05) is 6.07 Å². The van der Waals surface area contributed by atoms with E-state index >= 15 is 0 Å². The van der Waals surface area contributed by atoms with Crippen molar-refractivity contribution < 1.29 is 8.99 Å². The van der Waals surface area contributed by atoms with E-state index in [2.05, 4.69) is 15.1 Å². The number of aryl methyl sites for hydroxylation is 3. The van der Waals surface area contributed by atoms with E-state index in [0.717, 1.165) is 33.4 Å². The van der Waals surface area contributed by atoms with Crippen LogP contribution < -0.4 is 0 Å². The molecule has 0 radical (unpaired) electrons. The minimum atomic E-state index is -0.781. The molecule has 3 rings (SSSR count). The third kappa shape index (κ3) is 3.35. The molecular weight excluding hydrogens is 315 g/mol. The number of aliphatic hydroxyl groups excluding tert-OH is 1. The Kier molecular flexibility index (Phi) is 4.32. The molecule has 1 atom stereocenters. The number of hydrogen-bond acceptors (Lipinski definition) is 5. The lowest BCUT2D eigenvalue weighted by Gasteiger charge is -2.11. The molecule has 5 nitrogen and oxygen atoms in total. The molecule has 7 heteroatoms. The van der Waals surface area contributed by atoms with Crippen molar-refractivity contribution in [2.24, 2.45) is 0 Å². The Morgan fingerprint density at radius 3 is 2.52 bits per heavy atom. The predicted molar refractivity (Wildman–Crippen MR) is 88.7 cm³/mol. The van der Waals surface area contributed by atoms with Gasteiger partial charge in [-0.25, -0.2) is 9.97 Å². The van der Waals surface area contributed by atoms with Crippen molar-refractivity contribution in [1.82, 2.24) is 19.2 Å². The van der Waals surface area contributed by atoms with Gasteiger partial charge in [-0.15, -0.1) is 3.89 Å². The Bertz CT molecular complexity index is 844. The first kappa shape index (κ1) is 15.9. The van der Waals surface area contributed by atoms with Crippen LogP contribution in [0.25, 0.3) is 10.9 Å². The van der Waals surface area contributed by atoms with Crippen LogP contribution in [-0.2, 0) is 6.42 Å². The molecule has 0 spiro atoms. The highest BCUT2D eigenvalue weighted by Crippen LogP contribution is 2.24. The highest BCUT2D eigenvalue weighted by Gasteiger charge is 2.15. The lowest BCUT2D eigenvalue weighted by Crippen LogP contribution is -2.09. The fourth-order valence-corrected chi connectivity index (χ4v) is 3.00. The zero-order valence-corrected chi connectivity index (χ0v) is 13.9. The summed E-state index contributed by atoms with van der Waals surface area (Å²) in [6.07, 6.45) is 1.25. The van der Waals surface area contributed by atoms with E-state index in [9.17, 15) is 8.99 Å². The molecule has 0 saturated heterocycles. The van der Waals surface area contributed by atoms with E-state index in [1.165, 1.54) is 4.09 Å². The molecule has 0 aliphatic rings. The van der Waals surface area contributed by atoms with Gasteiger partial charge in [0.2, 0.25) is 0 Å². The maximum Gasteiger partial charge on any atom is 0.187 e. The lowest BCUT2D eigenvalue weighted by molar-refractivity contribution is 0.168. The van der Waals surface area contributed by atoms with Gasteiger partial charge in [0.15, 0.2) is 18.2 Å². The minimum Gasteiger partial charge on any atom is -0.385 e. The van der Waals surface area contributed by atoms with E-state index in [-0.39, 0.29) is 12.3 Å². The van der Waals surface area contributed by atoms with E-state index in [4.69, 9.17) is 0 Å². The Morgan fingerprint density at radius 2 is 1.87 bits per heavy atom. The summed E-state index contributed by atoms with van der Waals surface area (Å²) < 4.78 is 13.8. The molecule has 0 amide bonds. The zero-order valence-electron chi connectivity index (χ0n) is 13.1. The van der Waals surface area contributed by atoms with Crippen molar-refractivity contribution in [2.75, 3.05) is 0 Å². The van der Waals surface area contributed by atoms with Crippen LogP contribution in [0.4, 0.5) is 3.89 Å². The van der Waals surface area contributed by atoms with Crippen molar-refractivity contribution in [3.05, 3.63) is 52.7 Å². The average molecular weight is 332 g/mol. The first-order valence-electron chi connectivity index (χ1n) is 7.24. The summed E-state index contributed by atoms with van der Waals surface area (Å²) in [7, 11) is 0. The van der Waals surface area contributed by atoms with Gasteiger partial charge in [0.25, 0.3) is 0 Å². The van der Waals surface area contributed by atoms with Crippen molar-refractivity contribution in [1.29, 1.82) is 0 Å². The van der Waals surface area contributed by atoms with Gasteiger partial charge in [0.05, 0.1) is 5.52 Å². The Balaban J connectivity index is 1.91. The number of aliphatic hydroxyl groups is 1. The predicted octanol–water partition coefficient (Wildman–Crippen LogP) is 3.41. The molecule has 3 aromatic rings. The summed E-state index contributed by atoms with van der Waals surface area (Å²) in [6.45, 7) is 5.68. The van der Waals surface area contributed by atoms with Crippen molar-refractivity contribution >= 4 is 23.2 Å². The van der Waals surface area contributed by atoms with E-state index in [0.29, 0.717) is 12.2 Å².